The van der Waals surface area contributed by atoms with E-state index in [1.54, 1.807) is 25.1 Å². The lowest BCUT2D eigenvalue weighted by Gasteiger charge is -2.13. The molecule has 21 heavy (non-hydrogen) atoms. The van der Waals surface area contributed by atoms with Crippen molar-refractivity contribution < 1.29 is 12.8 Å². The largest absolute Gasteiger partial charge is 0.399 e. The van der Waals surface area contributed by atoms with Gasteiger partial charge in [-0.15, -0.1) is 0 Å². The Morgan fingerprint density at radius 2 is 1.86 bits per heavy atom. The predicted molar refractivity (Wildman–Crippen MR) is 85.2 cm³/mol. The van der Waals surface area contributed by atoms with Gasteiger partial charge < -0.3 is 5.73 Å². The summed E-state index contributed by atoms with van der Waals surface area (Å²) in [4.78, 5) is -0.165. The highest BCUT2D eigenvalue weighted by atomic mass is 79.9. The van der Waals surface area contributed by atoms with E-state index in [0.717, 1.165) is 16.1 Å². The molecule has 0 aromatic heterocycles. The maximum absolute atomic E-state index is 13.7. The topological polar surface area (TPSA) is 72.2 Å². The van der Waals surface area contributed by atoms with Gasteiger partial charge in [-0.05, 0) is 49.7 Å². The molecule has 0 bridgehead atoms. The monoisotopic (exact) mass is 372 g/mol. The van der Waals surface area contributed by atoms with Crippen LogP contribution < -0.4 is 10.5 Å². The number of hydrogen-bond donors (Lipinski definition) is 2. The van der Waals surface area contributed by atoms with Crippen molar-refractivity contribution in [3.63, 3.8) is 0 Å². The quantitative estimate of drug-likeness (QED) is 0.808. The Kier molecular flexibility index (Phi) is 4.25. The first-order chi connectivity index (χ1) is 9.70. The number of sulfonamides is 1. The van der Waals surface area contributed by atoms with Gasteiger partial charge in [-0.2, -0.15) is 0 Å². The van der Waals surface area contributed by atoms with Crippen molar-refractivity contribution in [2.75, 3.05) is 10.5 Å². The van der Waals surface area contributed by atoms with Crippen LogP contribution in [0.1, 0.15) is 11.1 Å². The second-order valence-electron chi connectivity index (χ2n) is 4.69. The van der Waals surface area contributed by atoms with Crippen molar-refractivity contribution in [3.05, 3.63) is 51.7 Å². The molecule has 0 radical (unpaired) electrons. The second kappa shape index (κ2) is 5.65. The number of rotatable bonds is 3. The van der Waals surface area contributed by atoms with E-state index in [0.29, 0.717) is 5.69 Å². The van der Waals surface area contributed by atoms with E-state index in [2.05, 4.69) is 20.7 Å². The summed E-state index contributed by atoms with van der Waals surface area (Å²) in [5.74, 6) is -0.650. The molecule has 0 aliphatic heterocycles. The summed E-state index contributed by atoms with van der Waals surface area (Å²) >= 11 is 3.31. The molecule has 0 saturated carbocycles. The zero-order valence-corrected chi connectivity index (χ0v) is 13.8. The smallest absolute Gasteiger partial charge is 0.262 e. The standard InChI is InChI=1S/C14H14BrFN2O2S/c1-8-5-10(15)3-4-13(8)18-21(19,20)14-7-11(17)6-12(16)9(14)2/h3-7,18H,17H2,1-2H3. The van der Waals surface area contributed by atoms with Gasteiger partial charge in [-0.3, -0.25) is 4.72 Å². The van der Waals surface area contributed by atoms with Gasteiger partial charge >= 0.3 is 0 Å². The van der Waals surface area contributed by atoms with Crippen molar-refractivity contribution in [1.29, 1.82) is 0 Å². The van der Waals surface area contributed by atoms with Gasteiger partial charge in [0.05, 0.1) is 10.6 Å². The van der Waals surface area contributed by atoms with E-state index in [4.69, 9.17) is 5.73 Å². The zero-order chi connectivity index (χ0) is 15.8. The average Bonchev–Trinajstić information content (AvgIpc) is 2.37. The fraction of sp³-hybridized carbons (Fsp3) is 0.143. The Morgan fingerprint density at radius 1 is 1.19 bits per heavy atom. The van der Waals surface area contributed by atoms with E-state index in [-0.39, 0.29) is 16.1 Å². The molecule has 2 rings (SSSR count). The molecule has 0 atom stereocenters. The van der Waals surface area contributed by atoms with Crippen LogP contribution >= 0.6 is 15.9 Å². The molecule has 4 nitrogen and oxygen atoms in total. The van der Waals surface area contributed by atoms with Crippen LogP contribution in [0.3, 0.4) is 0 Å². The van der Waals surface area contributed by atoms with E-state index in [1.165, 1.54) is 13.0 Å². The van der Waals surface area contributed by atoms with Crippen LogP contribution in [0.4, 0.5) is 15.8 Å². The Labute approximate surface area is 131 Å². The summed E-state index contributed by atoms with van der Waals surface area (Å²) in [6.07, 6.45) is 0. The minimum atomic E-state index is -3.91. The van der Waals surface area contributed by atoms with Crippen LogP contribution in [0.5, 0.6) is 0 Å². The Bertz CT molecular complexity index is 807. The predicted octanol–water partition coefficient (Wildman–Crippen LogP) is 3.59. The lowest BCUT2D eigenvalue weighted by Crippen LogP contribution is -2.16. The molecular formula is C14H14BrFN2O2S. The second-order valence-corrected chi connectivity index (χ2v) is 7.26. The van der Waals surface area contributed by atoms with Gasteiger partial charge in [0.25, 0.3) is 10.0 Å². The number of halogens is 2. The first-order valence-electron chi connectivity index (χ1n) is 6.05. The fourth-order valence-corrected chi connectivity index (χ4v) is 3.79. The third-order valence-corrected chi connectivity index (χ3v) is 5.03. The molecule has 0 amide bonds. The molecule has 2 aromatic rings. The summed E-state index contributed by atoms with van der Waals surface area (Å²) in [5.41, 5.74) is 6.80. The molecule has 0 aliphatic carbocycles. The normalized spacial score (nSPS) is 11.4. The lowest BCUT2D eigenvalue weighted by molar-refractivity contribution is 0.591. The number of nitrogens with two attached hydrogens (primary N) is 1. The van der Waals surface area contributed by atoms with Crippen molar-refractivity contribution >= 4 is 37.3 Å². The highest BCUT2D eigenvalue weighted by Crippen LogP contribution is 2.26. The Balaban J connectivity index is 2.48. The molecule has 0 spiro atoms. The first kappa shape index (κ1) is 15.8. The summed E-state index contributed by atoms with van der Waals surface area (Å²) in [6, 6.07) is 7.48. The minimum Gasteiger partial charge on any atom is -0.399 e. The number of aryl methyl sites for hydroxylation is 1. The molecule has 0 fully saturated rings. The third kappa shape index (κ3) is 3.36. The van der Waals surface area contributed by atoms with Crippen LogP contribution in [0, 0.1) is 19.7 Å². The van der Waals surface area contributed by atoms with Crippen molar-refractivity contribution in [3.8, 4) is 0 Å². The molecule has 112 valence electrons. The molecule has 0 saturated heterocycles. The van der Waals surface area contributed by atoms with Gasteiger partial charge in [0, 0.05) is 15.7 Å². The van der Waals surface area contributed by atoms with Gasteiger partial charge in [0.2, 0.25) is 0 Å². The van der Waals surface area contributed by atoms with Crippen LogP contribution in [-0.4, -0.2) is 8.42 Å². The Morgan fingerprint density at radius 3 is 2.48 bits per heavy atom. The van der Waals surface area contributed by atoms with Crippen molar-refractivity contribution in [1.82, 2.24) is 0 Å². The van der Waals surface area contributed by atoms with Gasteiger partial charge in [-0.25, -0.2) is 12.8 Å². The van der Waals surface area contributed by atoms with Gasteiger partial charge in [0.1, 0.15) is 5.82 Å². The lowest BCUT2D eigenvalue weighted by atomic mass is 10.2. The fourth-order valence-electron chi connectivity index (χ4n) is 1.89. The van der Waals surface area contributed by atoms with Crippen molar-refractivity contribution in [2.45, 2.75) is 18.7 Å². The summed E-state index contributed by atoms with van der Waals surface area (Å²) in [5, 5.41) is 0. The number of anilines is 2. The van der Waals surface area contributed by atoms with E-state index < -0.39 is 15.8 Å². The van der Waals surface area contributed by atoms with Crippen LogP contribution in [0.25, 0.3) is 0 Å². The maximum Gasteiger partial charge on any atom is 0.262 e. The highest BCUT2D eigenvalue weighted by molar-refractivity contribution is 9.10. The Hall–Kier alpha value is -1.60. The number of hydrogen-bond acceptors (Lipinski definition) is 3. The summed E-state index contributed by atoms with van der Waals surface area (Å²) in [6.45, 7) is 3.17. The van der Waals surface area contributed by atoms with Crippen LogP contribution in [0.15, 0.2) is 39.7 Å². The maximum atomic E-state index is 13.7. The molecule has 0 unspecified atom stereocenters. The number of benzene rings is 2. The van der Waals surface area contributed by atoms with E-state index in [9.17, 15) is 12.8 Å². The molecule has 0 heterocycles. The average molecular weight is 373 g/mol. The minimum absolute atomic E-state index is 0.0338. The first-order valence-corrected chi connectivity index (χ1v) is 8.33. The molecule has 2 aromatic carbocycles. The van der Waals surface area contributed by atoms with Crippen molar-refractivity contribution in [2.24, 2.45) is 0 Å². The van der Waals surface area contributed by atoms with E-state index in [1.807, 2.05) is 0 Å². The SMILES string of the molecule is Cc1cc(Br)ccc1NS(=O)(=O)c1cc(N)cc(F)c1C. The zero-order valence-electron chi connectivity index (χ0n) is 11.4. The number of nitrogens with one attached hydrogen (secondary N) is 1. The van der Waals surface area contributed by atoms with Gasteiger partial charge in [0.15, 0.2) is 0 Å². The molecule has 7 heteroatoms. The molecule has 3 N–H and O–H groups in total. The summed E-state index contributed by atoms with van der Waals surface area (Å²) in [7, 11) is -3.91. The van der Waals surface area contributed by atoms with Gasteiger partial charge in [-0.1, -0.05) is 15.9 Å². The third-order valence-electron chi connectivity index (χ3n) is 3.04. The molecular weight excluding hydrogens is 359 g/mol. The highest BCUT2D eigenvalue weighted by Gasteiger charge is 2.20. The molecule has 0 aliphatic rings. The van der Waals surface area contributed by atoms with E-state index >= 15 is 0 Å². The van der Waals surface area contributed by atoms with Crippen LogP contribution in [-0.2, 0) is 10.0 Å². The number of nitrogen functional groups attached to an aromatic ring is 1. The van der Waals surface area contributed by atoms with Crippen LogP contribution in [0.2, 0.25) is 0 Å². The summed E-state index contributed by atoms with van der Waals surface area (Å²) < 4.78 is 41.8.